The smallest absolute Gasteiger partial charge is 0.408 e. The normalized spacial score (nSPS) is 13.7. The number of anilines is 1. The van der Waals surface area contributed by atoms with E-state index in [2.05, 4.69) is 24.5 Å². The first-order valence-corrected chi connectivity index (χ1v) is 14.1. The molecule has 3 atom stereocenters. The Morgan fingerprint density at radius 2 is 1.49 bits per heavy atom. The number of aliphatic hydroxyl groups is 1. The van der Waals surface area contributed by atoms with Crippen molar-refractivity contribution >= 4 is 23.6 Å². The van der Waals surface area contributed by atoms with Crippen LogP contribution < -0.4 is 10.6 Å². The molecule has 9 nitrogen and oxygen atoms in total. The number of aromatic hydroxyl groups is 1. The number of para-hydroxylation sites is 2. The summed E-state index contributed by atoms with van der Waals surface area (Å²) in [6.07, 6.45) is 0.446. The van der Waals surface area contributed by atoms with Gasteiger partial charge in [-0.2, -0.15) is 0 Å². The predicted octanol–water partition coefficient (Wildman–Crippen LogP) is 5.54. The lowest BCUT2D eigenvalue weighted by atomic mass is 9.95. The number of rotatable bonds is 11. The van der Waals surface area contributed by atoms with E-state index < -0.39 is 48.2 Å². The van der Waals surface area contributed by atoms with E-state index >= 15 is 0 Å². The van der Waals surface area contributed by atoms with Crippen LogP contribution in [0.1, 0.15) is 82.7 Å². The van der Waals surface area contributed by atoms with Gasteiger partial charge < -0.3 is 30.5 Å². The molecule has 2 aromatic carbocycles. The lowest BCUT2D eigenvalue weighted by Crippen LogP contribution is -2.56. The molecule has 2 rings (SSSR count). The van der Waals surface area contributed by atoms with Gasteiger partial charge in [0.2, 0.25) is 5.91 Å². The number of nitrogens with one attached hydrogen (secondary N) is 2. The van der Waals surface area contributed by atoms with E-state index in [1.165, 1.54) is 4.90 Å². The summed E-state index contributed by atoms with van der Waals surface area (Å²) in [5, 5.41) is 26.8. The molecule has 0 saturated heterocycles. The second-order valence-corrected chi connectivity index (χ2v) is 12.1. The summed E-state index contributed by atoms with van der Waals surface area (Å²) in [4.78, 5) is 42.4. The van der Waals surface area contributed by atoms with Crippen LogP contribution in [0.3, 0.4) is 0 Å². The number of alkyl carbamates (subject to hydrolysis) is 1. The highest BCUT2D eigenvalue weighted by molar-refractivity contribution is 6.00. The van der Waals surface area contributed by atoms with Gasteiger partial charge in [-0.1, -0.05) is 50.2 Å². The molecule has 41 heavy (non-hydrogen) atoms. The third-order valence-corrected chi connectivity index (χ3v) is 6.88. The molecule has 0 aliphatic carbocycles. The molecule has 3 amide bonds. The number of phenolic OH excluding ortho intramolecular Hbond substituents is 1. The largest absolute Gasteiger partial charge is 0.507 e. The number of phenols is 1. The second-order valence-electron chi connectivity index (χ2n) is 12.1. The van der Waals surface area contributed by atoms with Crippen LogP contribution in [0.2, 0.25) is 0 Å². The van der Waals surface area contributed by atoms with Crippen molar-refractivity contribution in [2.75, 3.05) is 11.9 Å². The Morgan fingerprint density at radius 3 is 2.02 bits per heavy atom. The number of hydrogen-bond donors (Lipinski definition) is 4. The summed E-state index contributed by atoms with van der Waals surface area (Å²) in [6, 6.07) is 7.55. The minimum absolute atomic E-state index is 0.108. The number of benzene rings is 2. The Morgan fingerprint density at radius 1 is 0.927 bits per heavy atom. The first-order chi connectivity index (χ1) is 19.1. The fourth-order valence-corrected chi connectivity index (χ4v) is 4.65. The third-order valence-electron chi connectivity index (χ3n) is 6.88. The van der Waals surface area contributed by atoms with Crippen molar-refractivity contribution in [3.63, 3.8) is 0 Å². The van der Waals surface area contributed by atoms with E-state index in [0.717, 1.165) is 17.5 Å². The molecule has 0 radical (unpaired) electrons. The molecule has 226 valence electrons. The SMILES string of the molecule is Cc1cccc(C(C(=O)Nc2c(C)cccc2C)N(C(=O)C(CO)NC(=O)OC(C)(C)C)C(C)CCC(C)C)c1O. The fraction of sp³-hybridized carbons (Fsp3) is 0.531. The molecule has 0 spiro atoms. The van der Waals surface area contributed by atoms with Crippen molar-refractivity contribution in [2.45, 2.75) is 98.9 Å². The Bertz CT molecular complexity index is 1200. The Balaban J connectivity index is 2.68. The zero-order valence-electron chi connectivity index (χ0n) is 25.9. The maximum absolute atomic E-state index is 14.2. The number of aliphatic hydroxyl groups excluding tert-OH is 1. The van der Waals surface area contributed by atoms with E-state index in [0.29, 0.717) is 23.6 Å². The molecule has 0 bridgehead atoms. The van der Waals surface area contributed by atoms with Crippen LogP contribution in [0, 0.1) is 26.7 Å². The van der Waals surface area contributed by atoms with E-state index in [1.807, 2.05) is 39.0 Å². The summed E-state index contributed by atoms with van der Waals surface area (Å²) in [7, 11) is 0. The molecule has 0 aromatic heterocycles. The highest BCUT2D eigenvalue weighted by Crippen LogP contribution is 2.35. The summed E-state index contributed by atoms with van der Waals surface area (Å²) in [5.74, 6) is -0.972. The highest BCUT2D eigenvalue weighted by Gasteiger charge is 2.40. The van der Waals surface area contributed by atoms with Crippen LogP contribution in [0.25, 0.3) is 0 Å². The van der Waals surface area contributed by atoms with Crippen molar-refractivity contribution < 1.29 is 29.3 Å². The van der Waals surface area contributed by atoms with Crippen molar-refractivity contribution in [3.8, 4) is 5.75 Å². The van der Waals surface area contributed by atoms with E-state index in [4.69, 9.17) is 4.74 Å². The predicted molar refractivity (Wildman–Crippen MR) is 161 cm³/mol. The monoisotopic (exact) mass is 569 g/mol. The zero-order valence-corrected chi connectivity index (χ0v) is 25.9. The topological polar surface area (TPSA) is 128 Å². The minimum Gasteiger partial charge on any atom is -0.507 e. The third kappa shape index (κ3) is 9.21. The first kappa shape index (κ1) is 33.6. The van der Waals surface area contributed by atoms with Crippen LogP contribution >= 0.6 is 0 Å². The molecule has 0 fully saturated rings. The lowest BCUT2D eigenvalue weighted by molar-refractivity contribution is -0.144. The van der Waals surface area contributed by atoms with Crippen LogP contribution in [-0.2, 0) is 14.3 Å². The molecule has 0 heterocycles. The molecule has 2 aromatic rings. The standard InChI is InChI=1S/C32H47N3O6/c1-19(2)16-17-23(6)35(30(39)25(18-36)33-31(40)41-32(7,8)9)27(24-15-11-14-22(5)28(24)37)29(38)34-26-20(3)12-10-13-21(26)4/h10-15,19,23,25,27,36-37H,16-18H2,1-9H3,(H,33,40)(H,34,38). The fourth-order valence-electron chi connectivity index (χ4n) is 4.65. The molecule has 4 N–H and O–H groups in total. The van der Waals surface area contributed by atoms with Gasteiger partial charge in [0.1, 0.15) is 23.4 Å². The quantitative estimate of drug-likeness (QED) is 0.281. The van der Waals surface area contributed by atoms with Gasteiger partial charge >= 0.3 is 6.09 Å². The Labute approximate surface area is 244 Å². The number of aryl methyl sites for hydroxylation is 3. The van der Waals surface area contributed by atoms with Gasteiger partial charge in [-0.05, 0) is 83.9 Å². The average Bonchev–Trinajstić information content (AvgIpc) is 2.87. The number of ether oxygens (including phenoxy) is 1. The molecular weight excluding hydrogens is 522 g/mol. The van der Waals surface area contributed by atoms with Gasteiger partial charge in [-0.15, -0.1) is 0 Å². The van der Waals surface area contributed by atoms with Gasteiger partial charge in [0.15, 0.2) is 0 Å². The van der Waals surface area contributed by atoms with E-state index in [-0.39, 0.29) is 11.3 Å². The second kappa shape index (κ2) is 14.3. The van der Waals surface area contributed by atoms with Crippen LogP contribution in [0.5, 0.6) is 5.75 Å². The average molecular weight is 570 g/mol. The Hall–Kier alpha value is -3.59. The van der Waals surface area contributed by atoms with Crippen LogP contribution in [-0.4, -0.2) is 57.3 Å². The van der Waals surface area contributed by atoms with Crippen LogP contribution in [0.15, 0.2) is 36.4 Å². The highest BCUT2D eigenvalue weighted by atomic mass is 16.6. The molecule has 0 aliphatic rings. The maximum atomic E-state index is 14.2. The van der Waals surface area contributed by atoms with Crippen molar-refractivity contribution in [1.29, 1.82) is 0 Å². The minimum atomic E-state index is -1.38. The molecular formula is C32H47N3O6. The number of hydrogen-bond acceptors (Lipinski definition) is 6. The number of carbonyl (C=O) groups is 3. The van der Waals surface area contributed by atoms with Crippen molar-refractivity contribution in [2.24, 2.45) is 5.92 Å². The van der Waals surface area contributed by atoms with Gasteiger partial charge in [0, 0.05) is 17.3 Å². The molecule has 0 saturated carbocycles. The molecule has 9 heteroatoms. The summed E-state index contributed by atoms with van der Waals surface area (Å²) >= 11 is 0. The van der Waals surface area contributed by atoms with Crippen molar-refractivity contribution in [1.82, 2.24) is 10.2 Å². The summed E-state index contributed by atoms with van der Waals surface area (Å²) in [5.41, 5.74) is 2.26. The van der Waals surface area contributed by atoms with Gasteiger partial charge in [0.25, 0.3) is 5.91 Å². The van der Waals surface area contributed by atoms with Gasteiger partial charge in [-0.25, -0.2) is 4.79 Å². The zero-order chi connectivity index (χ0) is 31.1. The summed E-state index contributed by atoms with van der Waals surface area (Å²) in [6.45, 7) is 15.8. The van der Waals surface area contributed by atoms with E-state index in [1.54, 1.807) is 45.9 Å². The van der Waals surface area contributed by atoms with E-state index in [9.17, 15) is 24.6 Å². The molecule has 0 aliphatic heterocycles. The number of nitrogens with zero attached hydrogens (tertiary/aromatic N) is 1. The number of carbonyl (C=O) groups excluding carboxylic acids is 3. The first-order valence-electron chi connectivity index (χ1n) is 14.1. The molecule has 3 unspecified atom stereocenters. The summed E-state index contributed by atoms with van der Waals surface area (Å²) < 4.78 is 5.32. The number of amides is 3. The van der Waals surface area contributed by atoms with Crippen molar-refractivity contribution in [3.05, 3.63) is 58.7 Å². The van der Waals surface area contributed by atoms with Gasteiger partial charge in [-0.3, -0.25) is 9.59 Å². The lowest BCUT2D eigenvalue weighted by Gasteiger charge is -2.39. The van der Waals surface area contributed by atoms with Crippen LogP contribution in [0.4, 0.5) is 10.5 Å². The Kier molecular flexibility index (Phi) is 11.8. The maximum Gasteiger partial charge on any atom is 0.408 e. The van der Waals surface area contributed by atoms with Gasteiger partial charge in [0.05, 0.1) is 6.61 Å².